The van der Waals surface area contributed by atoms with Crippen LogP contribution in [-0.2, 0) is 11.3 Å². The van der Waals surface area contributed by atoms with E-state index in [0.29, 0.717) is 30.8 Å². The van der Waals surface area contributed by atoms with Crippen molar-refractivity contribution in [1.29, 1.82) is 0 Å². The summed E-state index contributed by atoms with van der Waals surface area (Å²) >= 11 is 0. The third kappa shape index (κ3) is 4.76. The molecule has 1 heterocycles. The molecular formula is C22H25N3O3. The Morgan fingerprint density at radius 1 is 1.11 bits per heavy atom. The van der Waals surface area contributed by atoms with Crippen LogP contribution in [0.5, 0.6) is 0 Å². The third-order valence-corrected chi connectivity index (χ3v) is 4.92. The van der Waals surface area contributed by atoms with Crippen LogP contribution in [0.1, 0.15) is 41.3 Å². The van der Waals surface area contributed by atoms with Gasteiger partial charge in [0.15, 0.2) is 5.78 Å². The number of anilines is 1. The first-order chi connectivity index (χ1) is 13.4. The Morgan fingerprint density at radius 2 is 1.86 bits per heavy atom. The standard InChI is InChI=1S/C22H25N3O3/c1-15-8-10-17(11-9-15)14-23-21(27)20-7-4-12-25(20)22(28)24-19-6-3-5-18(13-19)16(2)26/h3,5-6,8-11,13,20H,4,7,12,14H2,1-2H3,(H,23,27)(H,24,28)/t20-/m1/s1. The zero-order chi connectivity index (χ0) is 20.1. The van der Waals surface area contributed by atoms with Crippen LogP contribution in [0.15, 0.2) is 48.5 Å². The van der Waals surface area contributed by atoms with Gasteiger partial charge in [-0.05, 0) is 44.4 Å². The second-order valence-electron chi connectivity index (χ2n) is 7.12. The van der Waals surface area contributed by atoms with Gasteiger partial charge in [-0.1, -0.05) is 42.0 Å². The summed E-state index contributed by atoms with van der Waals surface area (Å²) in [5, 5.41) is 5.73. The minimum atomic E-state index is -0.485. The summed E-state index contributed by atoms with van der Waals surface area (Å²) in [4.78, 5) is 38.4. The molecule has 2 aromatic rings. The molecular weight excluding hydrogens is 354 g/mol. The third-order valence-electron chi connectivity index (χ3n) is 4.92. The summed E-state index contributed by atoms with van der Waals surface area (Å²) in [5.41, 5.74) is 3.27. The van der Waals surface area contributed by atoms with E-state index >= 15 is 0 Å². The molecule has 6 nitrogen and oxygen atoms in total. The predicted octanol–water partition coefficient (Wildman–Crippen LogP) is 3.51. The van der Waals surface area contributed by atoms with Gasteiger partial charge in [-0.25, -0.2) is 4.79 Å². The molecule has 0 radical (unpaired) electrons. The van der Waals surface area contributed by atoms with Gasteiger partial charge in [0, 0.05) is 24.3 Å². The molecule has 1 saturated heterocycles. The van der Waals surface area contributed by atoms with Gasteiger partial charge in [0.05, 0.1) is 0 Å². The summed E-state index contributed by atoms with van der Waals surface area (Å²) in [5.74, 6) is -0.212. The first-order valence-electron chi connectivity index (χ1n) is 9.46. The zero-order valence-electron chi connectivity index (χ0n) is 16.2. The van der Waals surface area contributed by atoms with E-state index in [1.54, 1.807) is 29.2 Å². The summed E-state index contributed by atoms with van der Waals surface area (Å²) < 4.78 is 0. The molecule has 0 aromatic heterocycles. The maximum atomic E-state index is 12.7. The van der Waals surface area contributed by atoms with Crippen molar-refractivity contribution in [2.24, 2.45) is 0 Å². The van der Waals surface area contributed by atoms with Crippen LogP contribution in [0.25, 0.3) is 0 Å². The highest BCUT2D eigenvalue weighted by molar-refractivity contribution is 5.97. The smallest absolute Gasteiger partial charge is 0.322 e. The average molecular weight is 379 g/mol. The van der Waals surface area contributed by atoms with Crippen molar-refractivity contribution in [1.82, 2.24) is 10.2 Å². The highest BCUT2D eigenvalue weighted by Crippen LogP contribution is 2.20. The Kier molecular flexibility index (Phi) is 6.09. The number of nitrogens with one attached hydrogen (secondary N) is 2. The number of Topliss-reactive ketones (excluding diaryl/α,β-unsaturated/α-hetero) is 1. The monoisotopic (exact) mass is 379 g/mol. The minimum absolute atomic E-state index is 0.0642. The fourth-order valence-corrected chi connectivity index (χ4v) is 3.31. The van der Waals surface area contributed by atoms with Crippen molar-refractivity contribution in [3.8, 4) is 0 Å². The number of hydrogen-bond donors (Lipinski definition) is 2. The highest BCUT2D eigenvalue weighted by Gasteiger charge is 2.34. The van der Waals surface area contributed by atoms with Gasteiger partial charge in [0.1, 0.15) is 6.04 Å². The Bertz CT molecular complexity index is 877. The molecule has 1 fully saturated rings. The molecule has 2 aromatic carbocycles. The number of benzene rings is 2. The zero-order valence-corrected chi connectivity index (χ0v) is 16.2. The molecule has 2 N–H and O–H groups in total. The van der Waals surface area contributed by atoms with Gasteiger partial charge in [-0.15, -0.1) is 0 Å². The van der Waals surface area contributed by atoms with Crippen LogP contribution in [0.4, 0.5) is 10.5 Å². The van der Waals surface area contributed by atoms with E-state index < -0.39 is 6.04 Å². The van der Waals surface area contributed by atoms with Crippen molar-refractivity contribution in [3.63, 3.8) is 0 Å². The molecule has 0 saturated carbocycles. The summed E-state index contributed by atoms with van der Waals surface area (Å²) in [7, 11) is 0. The molecule has 6 heteroatoms. The fraction of sp³-hybridized carbons (Fsp3) is 0.318. The number of hydrogen-bond acceptors (Lipinski definition) is 3. The lowest BCUT2D eigenvalue weighted by Crippen LogP contribution is -2.47. The van der Waals surface area contributed by atoms with E-state index in [-0.39, 0.29) is 17.7 Å². The van der Waals surface area contributed by atoms with E-state index in [1.807, 2.05) is 31.2 Å². The number of aryl methyl sites for hydroxylation is 1. The number of rotatable bonds is 5. The van der Waals surface area contributed by atoms with Crippen molar-refractivity contribution < 1.29 is 14.4 Å². The highest BCUT2D eigenvalue weighted by atomic mass is 16.2. The molecule has 1 atom stereocenters. The SMILES string of the molecule is CC(=O)c1cccc(NC(=O)N2CCC[C@@H]2C(=O)NCc2ccc(C)cc2)c1. The summed E-state index contributed by atoms with van der Waals surface area (Å²) in [6.07, 6.45) is 1.42. The molecule has 146 valence electrons. The van der Waals surface area contributed by atoms with Gasteiger partial charge in [-0.3, -0.25) is 9.59 Å². The second-order valence-corrected chi connectivity index (χ2v) is 7.12. The Morgan fingerprint density at radius 3 is 2.57 bits per heavy atom. The quantitative estimate of drug-likeness (QED) is 0.781. The molecule has 0 spiro atoms. The molecule has 1 aliphatic heterocycles. The molecule has 3 rings (SSSR count). The molecule has 0 bridgehead atoms. The van der Waals surface area contributed by atoms with Crippen molar-refractivity contribution in [3.05, 3.63) is 65.2 Å². The van der Waals surface area contributed by atoms with Gasteiger partial charge in [0.2, 0.25) is 5.91 Å². The molecule has 0 unspecified atom stereocenters. The second kappa shape index (κ2) is 8.69. The Hall–Kier alpha value is -3.15. The van der Waals surface area contributed by atoms with Crippen molar-refractivity contribution in [2.45, 2.75) is 39.3 Å². The van der Waals surface area contributed by atoms with Gasteiger partial charge in [0.25, 0.3) is 0 Å². The van der Waals surface area contributed by atoms with Crippen molar-refractivity contribution >= 4 is 23.4 Å². The normalized spacial score (nSPS) is 15.9. The van der Waals surface area contributed by atoms with E-state index in [9.17, 15) is 14.4 Å². The predicted molar refractivity (Wildman–Crippen MR) is 108 cm³/mol. The number of ketones is 1. The average Bonchev–Trinajstić information content (AvgIpc) is 3.17. The van der Waals surface area contributed by atoms with E-state index in [0.717, 1.165) is 12.0 Å². The van der Waals surface area contributed by atoms with Crippen LogP contribution in [-0.4, -0.2) is 35.2 Å². The fourth-order valence-electron chi connectivity index (χ4n) is 3.31. The number of carbonyl (C=O) groups excluding carboxylic acids is 3. The van der Waals surface area contributed by atoms with Crippen LogP contribution < -0.4 is 10.6 Å². The van der Waals surface area contributed by atoms with E-state index in [2.05, 4.69) is 10.6 Å². The molecule has 1 aliphatic rings. The molecule has 0 aliphatic carbocycles. The van der Waals surface area contributed by atoms with Gasteiger partial charge in [-0.2, -0.15) is 0 Å². The maximum Gasteiger partial charge on any atom is 0.322 e. The topological polar surface area (TPSA) is 78.5 Å². The Balaban J connectivity index is 1.60. The summed E-state index contributed by atoms with van der Waals surface area (Å²) in [6, 6.07) is 14.0. The van der Waals surface area contributed by atoms with E-state index in [1.165, 1.54) is 12.5 Å². The largest absolute Gasteiger partial charge is 0.350 e. The number of amides is 3. The van der Waals surface area contributed by atoms with E-state index in [4.69, 9.17) is 0 Å². The Labute approximate surface area is 164 Å². The first kappa shape index (κ1) is 19.6. The van der Waals surface area contributed by atoms with Gasteiger partial charge >= 0.3 is 6.03 Å². The van der Waals surface area contributed by atoms with Crippen LogP contribution >= 0.6 is 0 Å². The lowest BCUT2D eigenvalue weighted by Gasteiger charge is -2.24. The van der Waals surface area contributed by atoms with Gasteiger partial charge < -0.3 is 15.5 Å². The lowest BCUT2D eigenvalue weighted by molar-refractivity contribution is -0.124. The van der Waals surface area contributed by atoms with Crippen LogP contribution in [0, 0.1) is 6.92 Å². The summed E-state index contributed by atoms with van der Waals surface area (Å²) in [6.45, 7) is 4.46. The number of likely N-dealkylation sites (tertiary alicyclic amines) is 1. The molecule has 28 heavy (non-hydrogen) atoms. The van der Waals surface area contributed by atoms with Crippen LogP contribution in [0.2, 0.25) is 0 Å². The number of carbonyl (C=O) groups is 3. The van der Waals surface area contributed by atoms with Crippen LogP contribution in [0.3, 0.4) is 0 Å². The number of urea groups is 1. The first-order valence-corrected chi connectivity index (χ1v) is 9.46. The van der Waals surface area contributed by atoms with Crippen molar-refractivity contribution in [2.75, 3.05) is 11.9 Å². The number of nitrogens with zero attached hydrogens (tertiary/aromatic N) is 1. The lowest BCUT2D eigenvalue weighted by atomic mass is 10.1. The maximum absolute atomic E-state index is 12.7. The minimum Gasteiger partial charge on any atom is -0.350 e. The molecule has 3 amide bonds.